The molecule has 1 saturated heterocycles. The molecule has 1 aromatic carbocycles. The van der Waals surface area contributed by atoms with E-state index in [9.17, 15) is 4.79 Å². The Hall–Kier alpha value is -2.16. The van der Waals surface area contributed by atoms with Gasteiger partial charge in [-0.05, 0) is 25.0 Å². The highest BCUT2D eigenvalue weighted by molar-refractivity contribution is 5.81. The predicted octanol–water partition coefficient (Wildman–Crippen LogP) is 3.51. The number of carbonyl (C=O) groups excluding carboxylic acids is 1. The maximum absolute atomic E-state index is 10.9. The fourth-order valence-electron chi connectivity index (χ4n) is 2.56. The highest BCUT2D eigenvalue weighted by Gasteiger charge is 2.23. The van der Waals surface area contributed by atoms with E-state index in [4.69, 9.17) is 19.5 Å². The van der Waals surface area contributed by atoms with E-state index < -0.39 is 0 Å². The standard InChI is InChI=1S/C19H23NO4/c1-2-18(21)22-11-5-3-4-6-16-13-23-19(24-14-16)17-9-7-15(12-20)8-10-17/h2,7-10,16,19H,1,3-6,11,13-14H2. The third-order valence-corrected chi connectivity index (χ3v) is 3.95. The molecule has 0 saturated carbocycles. The van der Waals surface area contributed by atoms with Gasteiger partial charge < -0.3 is 14.2 Å². The molecule has 1 heterocycles. The third-order valence-electron chi connectivity index (χ3n) is 3.95. The molecule has 5 nitrogen and oxygen atoms in total. The fraction of sp³-hybridized carbons (Fsp3) is 0.474. The normalized spacial score (nSPS) is 20.1. The van der Waals surface area contributed by atoms with E-state index in [1.807, 2.05) is 12.1 Å². The molecule has 0 spiro atoms. The molecule has 0 unspecified atom stereocenters. The summed E-state index contributed by atoms with van der Waals surface area (Å²) < 4.78 is 16.5. The molecule has 0 bridgehead atoms. The molecule has 0 N–H and O–H groups in total. The van der Waals surface area contributed by atoms with E-state index in [-0.39, 0.29) is 12.3 Å². The van der Waals surface area contributed by atoms with Crippen LogP contribution in [0.15, 0.2) is 36.9 Å². The molecule has 1 aromatic rings. The number of unbranched alkanes of at least 4 members (excludes halogenated alkanes) is 2. The number of rotatable bonds is 8. The molecular formula is C19H23NO4. The van der Waals surface area contributed by atoms with Crippen LogP contribution in [0.4, 0.5) is 0 Å². The molecule has 24 heavy (non-hydrogen) atoms. The molecule has 2 rings (SSSR count). The first-order valence-electron chi connectivity index (χ1n) is 8.25. The molecule has 0 radical (unpaired) electrons. The lowest BCUT2D eigenvalue weighted by molar-refractivity contribution is -0.206. The lowest BCUT2D eigenvalue weighted by Gasteiger charge is -2.29. The Morgan fingerprint density at radius 3 is 2.58 bits per heavy atom. The van der Waals surface area contributed by atoms with Gasteiger partial charge in [0.1, 0.15) is 0 Å². The van der Waals surface area contributed by atoms with E-state index >= 15 is 0 Å². The number of nitrogens with zero attached hydrogens (tertiary/aromatic N) is 1. The summed E-state index contributed by atoms with van der Waals surface area (Å²) in [6.07, 6.45) is 4.82. The highest BCUT2D eigenvalue weighted by atomic mass is 16.7. The van der Waals surface area contributed by atoms with Crippen LogP contribution >= 0.6 is 0 Å². The van der Waals surface area contributed by atoms with Crippen molar-refractivity contribution in [1.29, 1.82) is 5.26 Å². The second-order valence-corrected chi connectivity index (χ2v) is 5.82. The van der Waals surface area contributed by atoms with E-state index in [0.29, 0.717) is 31.3 Å². The van der Waals surface area contributed by atoms with Gasteiger partial charge in [-0.1, -0.05) is 31.6 Å². The van der Waals surface area contributed by atoms with Crippen molar-refractivity contribution in [1.82, 2.24) is 0 Å². The predicted molar refractivity (Wildman–Crippen MR) is 88.9 cm³/mol. The monoisotopic (exact) mass is 329 g/mol. The second-order valence-electron chi connectivity index (χ2n) is 5.82. The van der Waals surface area contributed by atoms with Crippen molar-refractivity contribution in [2.75, 3.05) is 19.8 Å². The minimum atomic E-state index is -0.363. The van der Waals surface area contributed by atoms with Gasteiger partial charge in [-0.25, -0.2) is 4.79 Å². The van der Waals surface area contributed by atoms with Crippen LogP contribution in [0, 0.1) is 17.2 Å². The third kappa shape index (κ3) is 5.80. The Morgan fingerprint density at radius 1 is 1.25 bits per heavy atom. The van der Waals surface area contributed by atoms with E-state index in [1.54, 1.807) is 12.1 Å². The first kappa shape index (κ1) is 18.2. The van der Waals surface area contributed by atoms with Crippen LogP contribution in [0.5, 0.6) is 0 Å². The minimum Gasteiger partial charge on any atom is -0.463 e. The van der Waals surface area contributed by atoms with Crippen LogP contribution in [-0.2, 0) is 19.0 Å². The van der Waals surface area contributed by atoms with Crippen LogP contribution < -0.4 is 0 Å². The molecule has 1 aliphatic rings. The smallest absolute Gasteiger partial charge is 0.330 e. The highest BCUT2D eigenvalue weighted by Crippen LogP contribution is 2.27. The molecule has 0 aliphatic carbocycles. The van der Waals surface area contributed by atoms with Crippen LogP contribution in [0.1, 0.15) is 43.1 Å². The van der Waals surface area contributed by atoms with Gasteiger partial charge in [-0.3, -0.25) is 0 Å². The van der Waals surface area contributed by atoms with Crippen LogP contribution in [0.2, 0.25) is 0 Å². The van der Waals surface area contributed by atoms with E-state index in [0.717, 1.165) is 31.2 Å². The summed E-state index contributed by atoms with van der Waals surface area (Å²) in [6, 6.07) is 9.38. The van der Waals surface area contributed by atoms with Crippen LogP contribution in [-0.4, -0.2) is 25.8 Å². The molecule has 1 fully saturated rings. The van der Waals surface area contributed by atoms with Crippen molar-refractivity contribution in [3.8, 4) is 6.07 Å². The van der Waals surface area contributed by atoms with Crippen LogP contribution in [0.25, 0.3) is 0 Å². The van der Waals surface area contributed by atoms with Crippen molar-refractivity contribution < 1.29 is 19.0 Å². The quantitative estimate of drug-likeness (QED) is 0.415. The van der Waals surface area contributed by atoms with Gasteiger partial charge in [0.2, 0.25) is 0 Å². The SMILES string of the molecule is C=CC(=O)OCCCCCC1COC(c2ccc(C#N)cc2)OC1. The zero-order chi connectivity index (χ0) is 17.2. The Morgan fingerprint density at radius 2 is 1.96 bits per heavy atom. The molecule has 0 atom stereocenters. The summed E-state index contributed by atoms with van der Waals surface area (Å²) in [7, 11) is 0. The topological polar surface area (TPSA) is 68.5 Å². The maximum Gasteiger partial charge on any atom is 0.330 e. The van der Waals surface area contributed by atoms with Crippen LogP contribution in [0.3, 0.4) is 0 Å². The zero-order valence-electron chi connectivity index (χ0n) is 13.8. The molecule has 1 aliphatic heterocycles. The average Bonchev–Trinajstić information content (AvgIpc) is 2.65. The van der Waals surface area contributed by atoms with Crippen molar-refractivity contribution in [2.24, 2.45) is 5.92 Å². The Balaban J connectivity index is 1.60. The lowest BCUT2D eigenvalue weighted by Crippen LogP contribution is -2.27. The van der Waals surface area contributed by atoms with Crippen molar-refractivity contribution >= 4 is 5.97 Å². The fourth-order valence-corrected chi connectivity index (χ4v) is 2.56. The van der Waals surface area contributed by atoms with E-state index in [1.165, 1.54) is 6.08 Å². The largest absolute Gasteiger partial charge is 0.463 e. The summed E-state index contributed by atoms with van der Waals surface area (Å²) >= 11 is 0. The number of esters is 1. The number of ether oxygens (including phenoxy) is 3. The Bertz CT molecular complexity index is 568. The van der Waals surface area contributed by atoms with Gasteiger partial charge in [-0.2, -0.15) is 5.26 Å². The van der Waals surface area contributed by atoms with E-state index in [2.05, 4.69) is 12.6 Å². The number of benzene rings is 1. The summed E-state index contributed by atoms with van der Waals surface area (Å²) in [6.45, 7) is 5.16. The zero-order valence-corrected chi connectivity index (χ0v) is 13.8. The summed E-state index contributed by atoms with van der Waals surface area (Å²) in [5.74, 6) is 0.0354. The lowest BCUT2D eigenvalue weighted by atomic mass is 10.0. The maximum atomic E-state index is 10.9. The van der Waals surface area contributed by atoms with Gasteiger partial charge in [0.25, 0.3) is 0 Å². The Kier molecular flexibility index (Phi) is 7.47. The second kappa shape index (κ2) is 9.86. The van der Waals surface area contributed by atoms with Gasteiger partial charge in [0.05, 0.1) is 31.5 Å². The molecule has 5 heteroatoms. The van der Waals surface area contributed by atoms with Crippen molar-refractivity contribution in [3.63, 3.8) is 0 Å². The number of hydrogen-bond acceptors (Lipinski definition) is 5. The summed E-state index contributed by atoms with van der Waals surface area (Å²) in [5.41, 5.74) is 1.57. The summed E-state index contributed by atoms with van der Waals surface area (Å²) in [4.78, 5) is 10.9. The van der Waals surface area contributed by atoms with Crippen molar-refractivity contribution in [3.05, 3.63) is 48.0 Å². The summed E-state index contributed by atoms with van der Waals surface area (Å²) in [5, 5.41) is 8.81. The van der Waals surface area contributed by atoms with Crippen molar-refractivity contribution in [2.45, 2.75) is 32.0 Å². The molecular weight excluding hydrogens is 306 g/mol. The number of nitriles is 1. The molecule has 0 aromatic heterocycles. The van der Waals surface area contributed by atoms with Gasteiger partial charge in [0.15, 0.2) is 6.29 Å². The Labute approximate surface area is 142 Å². The molecule has 0 amide bonds. The first-order chi connectivity index (χ1) is 11.7. The first-order valence-corrected chi connectivity index (χ1v) is 8.25. The van der Waals surface area contributed by atoms with Gasteiger partial charge in [-0.15, -0.1) is 0 Å². The minimum absolute atomic E-state index is 0.340. The van der Waals surface area contributed by atoms with Gasteiger partial charge >= 0.3 is 5.97 Å². The average molecular weight is 329 g/mol. The van der Waals surface area contributed by atoms with Gasteiger partial charge in [0, 0.05) is 17.6 Å². The number of hydrogen-bond donors (Lipinski definition) is 0. The molecule has 128 valence electrons. The number of carbonyl (C=O) groups is 1.